The summed E-state index contributed by atoms with van der Waals surface area (Å²) < 4.78 is 11.3. The van der Waals surface area contributed by atoms with Gasteiger partial charge in [-0.05, 0) is 73.7 Å². The number of hydrogen-bond acceptors (Lipinski definition) is 4. The molecule has 0 saturated carbocycles. The molecule has 0 bridgehead atoms. The summed E-state index contributed by atoms with van der Waals surface area (Å²) >= 11 is 12.6. The van der Waals surface area contributed by atoms with Gasteiger partial charge < -0.3 is 9.47 Å². The van der Waals surface area contributed by atoms with Gasteiger partial charge in [0.1, 0.15) is 18.1 Å². The molecular weight excluding hydrogens is 445 g/mol. The predicted molar refractivity (Wildman–Crippen MR) is 128 cm³/mol. The van der Waals surface area contributed by atoms with Crippen molar-refractivity contribution in [3.63, 3.8) is 0 Å². The highest BCUT2D eigenvalue weighted by molar-refractivity contribution is 6.31. The molecule has 0 aliphatic heterocycles. The van der Waals surface area contributed by atoms with Crippen LogP contribution in [0.15, 0.2) is 60.7 Å². The van der Waals surface area contributed by atoms with Crippen molar-refractivity contribution in [2.45, 2.75) is 32.8 Å². The van der Waals surface area contributed by atoms with Crippen molar-refractivity contribution >= 4 is 40.3 Å². The quantitative estimate of drug-likeness (QED) is 0.343. The Bertz CT molecular complexity index is 1170. The van der Waals surface area contributed by atoms with E-state index in [1.54, 1.807) is 13.0 Å². The molecule has 2 aromatic carbocycles. The lowest BCUT2D eigenvalue weighted by Crippen LogP contribution is -2.08. The number of pyridine rings is 1. The van der Waals surface area contributed by atoms with E-state index in [4.69, 9.17) is 32.7 Å². The number of hydrogen-bond donors (Lipinski definition) is 0. The van der Waals surface area contributed by atoms with Crippen LogP contribution in [0.4, 0.5) is 0 Å². The van der Waals surface area contributed by atoms with Crippen molar-refractivity contribution in [2.24, 2.45) is 0 Å². The van der Waals surface area contributed by atoms with Crippen molar-refractivity contribution in [2.75, 3.05) is 6.61 Å². The van der Waals surface area contributed by atoms with Gasteiger partial charge in [-0.2, -0.15) is 0 Å². The fourth-order valence-corrected chi connectivity index (χ4v) is 4.24. The second-order valence-corrected chi connectivity index (χ2v) is 8.30. The Morgan fingerprint density at radius 2 is 1.81 bits per heavy atom. The predicted octanol–water partition coefficient (Wildman–Crippen LogP) is 7.24. The van der Waals surface area contributed by atoms with E-state index in [9.17, 15) is 4.79 Å². The van der Waals surface area contributed by atoms with Gasteiger partial charge in [0.15, 0.2) is 0 Å². The minimum absolute atomic E-state index is 0.310. The maximum Gasteiger partial charge on any atom is 0.356 e. The van der Waals surface area contributed by atoms with E-state index in [0.717, 1.165) is 53.0 Å². The zero-order chi connectivity index (χ0) is 22.5. The Hall–Kier alpha value is -2.82. The maximum absolute atomic E-state index is 12.2. The lowest BCUT2D eigenvalue weighted by atomic mass is 9.99. The number of carbonyl (C=O) groups is 1. The first-order chi connectivity index (χ1) is 15.6. The monoisotopic (exact) mass is 467 g/mol. The van der Waals surface area contributed by atoms with Gasteiger partial charge in [-0.15, -0.1) is 0 Å². The summed E-state index contributed by atoms with van der Waals surface area (Å²) in [7, 11) is 0. The normalized spacial score (nSPS) is 13.3. The maximum atomic E-state index is 12.2. The number of carbonyl (C=O) groups excluding carboxylic acids is 1. The third-order valence-corrected chi connectivity index (χ3v) is 5.97. The van der Waals surface area contributed by atoms with Crippen molar-refractivity contribution in [3.05, 3.63) is 93.2 Å². The van der Waals surface area contributed by atoms with E-state index in [1.165, 1.54) is 0 Å². The molecule has 0 N–H and O–H groups in total. The van der Waals surface area contributed by atoms with E-state index < -0.39 is 5.97 Å². The molecule has 0 saturated heterocycles. The average molecular weight is 468 g/mol. The summed E-state index contributed by atoms with van der Waals surface area (Å²) in [5.41, 5.74) is 5.18. The number of halogens is 2. The summed E-state index contributed by atoms with van der Waals surface area (Å²) in [5, 5.41) is 1.31. The number of ether oxygens (including phenoxy) is 2. The standard InChI is InChI=1S/C26H23Cl2NO3/c1-2-31-26(30)24-12-6-11-23(29-24)20-9-5-8-19(20)21-15-18(27)13-14-25(21)32-16-17-7-3-4-10-22(17)28/h3-4,6-7,10-15H,2,5,8-9,16H2,1H3. The second kappa shape index (κ2) is 10.2. The first kappa shape index (κ1) is 22.4. The van der Waals surface area contributed by atoms with Gasteiger partial charge in [-0.3, -0.25) is 0 Å². The molecule has 1 aromatic heterocycles. The topological polar surface area (TPSA) is 48.4 Å². The Balaban J connectivity index is 1.70. The number of rotatable bonds is 7. The van der Waals surface area contributed by atoms with Crippen LogP contribution in [-0.2, 0) is 11.3 Å². The fourth-order valence-electron chi connectivity index (χ4n) is 3.88. The van der Waals surface area contributed by atoms with Gasteiger partial charge in [0.05, 0.1) is 12.3 Å². The first-order valence-electron chi connectivity index (χ1n) is 10.6. The van der Waals surface area contributed by atoms with Crippen LogP contribution < -0.4 is 4.74 Å². The highest BCUT2D eigenvalue weighted by Crippen LogP contribution is 2.43. The van der Waals surface area contributed by atoms with Crippen molar-refractivity contribution in [1.29, 1.82) is 0 Å². The molecule has 3 aromatic rings. The van der Waals surface area contributed by atoms with E-state index in [1.807, 2.05) is 54.6 Å². The lowest BCUT2D eigenvalue weighted by Gasteiger charge is -2.15. The summed E-state index contributed by atoms with van der Waals surface area (Å²) in [6, 6.07) is 18.7. The number of aromatic nitrogens is 1. The van der Waals surface area contributed by atoms with Crippen molar-refractivity contribution < 1.29 is 14.3 Å². The third-order valence-electron chi connectivity index (χ3n) is 5.37. The van der Waals surface area contributed by atoms with Gasteiger partial charge in [0, 0.05) is 21.2 Å². The minimum atomic E-state index is -0.416. The minimum Gasteiger partial charge on any atom is -0.488 e. The molecule has 164 valence electrons. The molecule has 6 heteroatoms. The Morgan fingerprint density at radius 1 is 1.00 bits per heavy atom. The smallest absolute Gasteiger partial charge is 0.356 e. The number of benzene rings is 2. The summed E-state index contributed by atoms with van der Waals surface area (Å²) in [6.45, 7) is 2.45. The van der Waals surface area contributed by atoms with E-state index in [-0.39, 0.29) is 0 Å². The number of esters is 1. The van der Waals surface area contributed by atoms with Gasteiger partial charge in [0.25, 0.3) is 0 Å². The number of nitrogens with zero attached hydrogens (tertiary/aromatic N) is 1. The molecule has 1 heterocycles. The molecule has 0 atom stereocenters. The molecular formula is C26H23Cl2NO3. The van der Waals surface area contributed by atoms with Crippen molar-refractivity contribution in [1.82, 2.24) is 4.98 Å². The van der Waals surface area contributed by atoms with E-state index in [0.29, 0.717) is 29.0 Å². The second-order valence-electron chi connectivity index (χ2n) is 7.46. The molecule has 1 aliphatic rings. The molecule has 4 rings (SSSR count). The average Bonchev–Trinajstić information content (AvgIpc) is 3.29. The van der Waals surface area contributed by atoms with E-state index in [2.05, 4.69) is 4.98 Å². The van der Waals surface area contributed by atoms with Crippen LogP contribution in [-0.4, -0.2) is 17.6 Å². The van der Waals surface area contributed by atoms with Crippen LogP contribution in [0.2, 0.25) is 10.0 Å². The molecule has 4 nitrogen and oxygen atoms in total. The Morgan fingerprint density at radius 3 is 2.62 bits per heavy atom. The summed E-state index contributed by atoms with van der Waals surface area (Å²) in [6.07, 6.45) is 2.74. The molecule has 32 heavy (non-hydrogen) atoms. The first-order valence-corrected chi connectivity index (χ1v) is 11.3. The molecule has 0 amide bonds. The molecule has 0 radical (unpaired) electrons. The molecule has 0 spiro atoms. The molecule has 0 fully saturated rings. The zero-order valence-corrected chi connectivity index (χ0v) is 19.2. The third kappa shape index (κ3) is 4.98. The van der Waals surface area contributed by atoms with Gasteiger partial charge in [0.2, 0.25) is 0 Å². The molecule has 0 unspecified atom stereocenters. The largest absolute Gasteiger partial charge is 0.488 e. The highest BCUT2D eigenvalue weighted by atomic mass is 35.5. The fraction of sp³-hybridized carbons (Fsp3) is 0.231. The van der Waals surface area contributed by atoms with Gasteiger partial charge in [-0.1, -0.05) is 47.5 Å². The van der Waals surface area contributed by atoms with Crippen LogP contribution in [0.25, 0.3) is 11.1 Å². The summed E-state index contributed by atoms with van der Waals surface area (Å²) in [4.78, 5) is 16.7. The lowest BCUT2D eigenvalue weighted by molar-refractivity contribution is 0.0519. The van der Waals surface area contributed by atoms with Gasteiger partial charge >= 0.3 is 5.97 Å². The van der Waals surface area contributed by atoms with Crippen LogP contribution in [0.1, 0.15) is 53.5 Å². The molecule has 1 aliphatic carbocycles. The van der Waals surface area contributed by atoms with Crippen molar-refractivity contribution in [3.8, 4) is 5.75 Å². The number of allylic oxidation sites excluding steroid dienone is 2. The van der Waals surface area contributed by atoms with Crippen LogP contribution in [0, 0.1) is 0 Å². The Kier molecular flexibility index (Phi) is 7.13. The van der Waals surface area contributed by atoms with E-state index >= 15 is 0 Å². The Labute approximate surface area is 197 Å². The van der Waals surface area contributed by atoms with Crippen LogP contribution >= 0.6 is 23.2 Å². The SMILES string of the molecule is CCOC(=O)c1cccc(C2=C(c3cc(Cl)ccc3OCc3ccccc3Cl)CCC2)n1. The highest BCUT2D eigenvalue weighted by Gasteiger charge is 2.23. The van der Waals surface area contributed by atoms with Crippen LogP contribution in [0.5, 0.6) is 5.75 Å². The zero-order valence-electron chi connectivity index (χ0n) is 17.7. The van der Waals surface area contributed by atoms with Crippen LogP contribution in [0.3, 0.4) is 0 Å². The summed E-state index contributed by atoms with van der Waals surface area (Å²) in [5.74, 6) is 0.325. The van der Waals surface area contributed by atoms with Gasteiger partial charge in [-0.25, -0.2) is 9.78 Å².